The molecule has 8 heteroatoms. The van der Waals surface area contributed by atoms with Crippen molar-refractivity contribution < 1.29 is 13.5 Å². The average Bonchev–Trinajstić information content (AvgIpc) is 2.77. The SMILES string of the molecule is CC(C)(O)CN1CCN(Cc2sccc2S(N)(=O)=O)CC1. The third-order valence-electron chi connectivity index (χ3n) is 3.45. The highest BCUT2D eigenvalue weighted by atomic mass is 32.2. The molecule has 0 radical (unpaired) electrons. The van der Waals surface area contributed by atoms with Crippen molar-refractivity contribution in [2.45, 2.75) is 30.9 Å². The number of hydrogen-bond acceptors (Lipinski definition) is 6. The molecular weight excluding hydrogens is 310 g/mol. The smallest absolute Gasteiger partial charge is 0.239 e. The number of primary sulfonamides is 1. The van der Waals surface area contributed by atoms with Crippen molar-refractivity contribution in [3.05, 3.63) is 16.3 Å². The summed E-state index contributed by atoms with van der Waals surface area (Å²) in [6.07, 6.45) is 0. The lowest BCUT2D eigenvalue weighted by Gasteiger charge is -2.37. The molecule has 2 rings (SSSR count). The monoisotopic (exact) mass is 333 g/mol. The predicted molar refractivity (Wildman–Crippen MR) is 83.7 cm³/mol. The first-order chi connectivity index (χ1) is 9.65. The summed E-state index contributed by atoms with van der Waals surface area (Å²) in [7, 11) is -3.64. The summed E-state index contributed by atoms with van der Waals surface area (Å²) in [6.45, 7) is 8.35. The number of thiophene rings is 1. The minimum absolute atomic E-state index is 0.242. The first kappa shape index (κ1) is 16.9. The number of nitrogens with zero attached hydrogens (tertiary/aromatic N) is 2. The lowest BCUT2D eigenvalue weighted by molar-refractivity contribution is 0.0167. The molecule has 1 aliphatic heterocycles. The zero-order chi connectivity index (χ0) is 15.7. The Morgan fingerprint density at radius 1 is 1.29 bits per heavy atom. The molecule has 0 amide bonds. The molecule has 1 aliphatic rings. The van der Waals surface area contributed by atoms with E-state index in [9.17, 15) is 13.5 Å². The molecule has 3 N–H and O–H groups in total. The van der Waals surface area contributed by atoms with Gasteiger partial charge in [-0.1, -0.05) is 0 Å². The summed E-state index contributed by atoms with van der Waals surface area (Å²) >= 11 is 1.43. The number of aliphatic hydroxyl groups is 1. The largest absolute Gasteiger partial charge is 0.389 e. The Morgan fingerprint density at radius 3 is 2.38 bits per heavy atom. The minimum atomic E-state index is -3.64. The Bertz CT molecular complexity index is 570. The van der Waals surface area contributed by atoms with E-state index in [1.807, 2.05) is 13.8 Å². The Labute approximate surface area is 130 Å². The van der Waals surface area contributed by atoms with Crippen LogP contribution in [0.1, 0.15) is 18.7 Å². The standard InChI is InChI=1S/C13H23N3O3S2/c1-13(2,17)10-16-6-4-15(5-7-16)9-11-12(3-8-20-11)21(14,18)19/h3,8,17H,4-7,9-10H2,1-2H3,(H2,14,18,19). The number of sulfonamides is 1. The van der Waals surface area contributed by atoms with Gasteiger partial charge in [-0.2, -0.15) is 0 Å². The van der Waals surface area contributed by atoms with Gasteiger partial charge < -0.3 is 5.11 Å². The van der Waals surface area contributed by atoms with Crippen molar-refractivity contribution in [3.8, 4) is 0 Å². The predicted octanol–water partition coefficient (Wildman–Crippen LogP) is 0.284. The normalized spacial score (nSPS) is 19.0. The molecular formula is C13H23N3O3S2. The van der Waals surface area contributed by atoms with Gasteiger partial charge in [0.1, 0.15) is 0 Å². The zero-order valence-electron chi connectivity index (χ0n) is 12.4. The van der Waals surface area contributed by atoms with Crippen LogP contribution in [0.25, 0.3) is 0 Å². The van der Waals surface area contributed by atoms with E-state index in [1.165, 1.54) is 11.3 Å². The maximum Gasteiger partial charge on any atom is 0.239 e. The molecule has 1 aromatic rings. The van der Waals surface area contributed by atoms with Crippen LogP contribution in [-0.2, 0) is 16.6 Å². The van der Waals surface area contributed by atoms with Gasteiger partial charge in [-0.3, -0.25) is 9.80 Å². The summed E-state index contributed by atoms with van der Waals surface area (Å²) in [5, 5.41) is 16.8. The number of hydrogen-bond donors (Lipinski definition) is 2. The number of β-amino-alcohol motifs (C(OH)–C–C–N with tert-alkyl or cyclic N) is 1. The molecule has 0 bridgehead atoms. The van der Waals surface area contributed by atoms with Gasteiger partial charge in [0.05, 0.1) is 10.5 Å². The van der Waals surface area contributed by atoms with E-state index in [1.54, 1.807) is 11.4 Å². The van der Waals surface area contributed by atoms with Crippen molar-refractivity contribution in [3.63, 3.8) is 0 Å². The van der Waals surface area contributed by atoms with Gasteiger partial charge in [-0.15, -0.1) is 11.3 Å². The maximum atomic E-state index is 11.5. The van der Waals surface area contributed by atoms with E-state index >= 15 is 0 Å². The Kier molecular flexibility index (Phi) is 5.07. The first-order valence-electron chi connectivity index (χ1n) is 6.91. The van der Waals surface area contributed by atoms with Gasteiger partial charge in [-0.05, 0) is 25.3 Å². The molecule has 6 nitrogen and oxygen atoms in total. The summed E-state index contributed by atoms with van der Waals surface area (Å²) in [6, 6.07) is 1.57. The highest BCUT2D eigenvalue weighted by Gasteiger charge is 2.24. The summed E-state index contributed by atoms with van der Waals surface area (Å²) in [4.78, 5) is 5.49. The van der Waals surface area contributed by atoms with Gasteiger partial charge in [-0.25, -0.2) is 13.6 Å². The van der Waals surface area contributed by atoms with Gasteiger partial charge in [0.25, 0.3) is 0 Å². The van der Waals surface area contributed by atoms with Crippen LogP contribution in [0.2, 0.25) is 0 Å². The van der Waals surface area contributed by atoms with Gasteiger partial charge in [0, 0.05) is 44.1 Å². The first-order valence-corrected chi connectivity index (χ1v) is 9.34. The highest BCUT2D eigenvalue weighted by Crippen LogP contribution is 2.23. The van der Waals surface area contributed by atoms with Crippen molar-refractivity contribution in [2.75, 3.05) is 32.7 Å². The van der Waals surface area contributed by atoms with Crippen LogP contribution in [0, 0.1) is 0 Å². The average molecular weight is 333 g/mol. The molecule has 0 unspecified atom stereocenters. The van der Waals surface area contributed by atoms with Crippen LogP contribution in [0.3, 0.4) is 0 Å². The third-order valence-corrected chi connectivity index (χ3v) is 5.48. The van der Waals surface area contributed by atoms with Crippen molar-refractivity contribution in [2.24, 2.45) is 5.14 Å². The lowest BCUT2D eigenvalue weighted by atomic mass is 10.1. The molecule has 2 heterocycles. The molecule has 1 aromatic heterocycles. The summed E-state index contributed by atoms with van der Waals surface area (Å²) in [5.41, 5.74) is -0.684. The second-order valence-corrected chi connectivity index (χ2v) is 8.65. The molecule has 1 saturated heterocycles. The fourth-order valence-corrected chi connectivity index (χ4v) is 4.58. The van der Waals surface area contributed by atoms with Crippen LogP contribution in [0.15, 0.2) is 16.3 Å². The van der Waals surface area contributed by atoms with Crippen molar-refractivity contribution in [1.82, 2.24) is 9.80 Å². The fourth-order valence-electron chi connectivity index (χ4n) is 2.55. The van der Waals surface area contributed by atoms with Crippen LogP contribution in [0.5, 0.6) is 0 Å². The lowest BCUT2D eigenvalue weighted by Crippen LogP contribution is -2.50. The maximum absolute atomic E-state index is 11.5. The Morgan fingerprint density at radius 2 is 1.86 bits per heavy atom. The Balaban J connectivity index is 1.91. The molecule has 1 fully saturated rings. The number of rotatable bonds is 5. The number of nitrogens with two attached hydrogens (primary N) is 1. The van der Waals surface area contributed by atoms with E-state index < -0.39 is 15.6 Å². The molecule has 0 aliphatic carbocycles. The summed E-state index contributed by atoms with van der Waals surface area (Å²) in [5.74, 6) is 0. The third kappa shape index (κ3) is 5.01. The van der Waals surface area contributed by atoms with Gasteiger partial charge >= 0.3 is 0 Å². The van der Waals surface area contributed by atoms with E-state index in [2.05, 4.69) is 9.80 Å². The molecule has 0 spiro atoms. The van der Waals surface area contributed by atoms with E-state index in [0.29, 0.717) is 13.1 Å². The molecule has 21 heavy (non-hydrogen) atoms. The Hall–Kier alpha value is -0.510. The van der Waals surface area contributed by atoms with E-state index in [4.69, 9.17) is 5.14 Å². The van der Waals surface area contributed by atoms with Crippen LogP contribution >= 0.6 is 11.3 Å². The van der Waals surface area contributed by atoms with E-state index in [0.717, 1.165) is 31.1 Å². The number of piperazine rings is 1. The van der Waals surface area contributed by atoms with Crippen molar-refractivity contribution in [1.29, 1.82) is 0 Å². The van der Waals surface area contributed by atoms with Gasteiger partial charge in [0.15, 0.2) is 0 Å². The minimum Gasteiger partial charge on any atom is -0.389 e. The van der Waals surface area contributed by atoms with Crippen LogP contribution in [-0.4, -0.2) is 61.6 Å². The van der Waals surface area contributed by atoms with Crippen molar-refractivity contribution >= 4 is 21.4 Å². The van der Waals surface area contributed by atoms with Gasteiger partial charge in [0.2, 0.25) is 10.0 Å². The second-order valence-electron chi connectivity index (χ2n) is 6.12. The highest BCUT2D eigenvalue weighted by molar-refractivity contribution is 7.89. The molecule has 0 saturated carbocycles. The van der Waals surface area contributed by atoms with E-state index in [-0.39, 0.29) is 4.90 Å². The molecule has 0 atom stereocenters. The van der Waals surface area contributed by atoms with Crippen LogP contribution < -0.4 is 5.14 Å². The van der Waals surface area contributed by atoms with Crippen LogP contribution in [0.4, 0.5) is 0 Å². The topological polar surface area (TPSA) is 86.9 Å². The molecule has 120 valence electrons. The summed E-state index contributed by atoms with van der Waals surface area (Å²) < 4.78 is 23.0. The quantitative estimate of drug-likeness (QED) is 0.808. The second kappa shape index (κ2) is 6.31. The molecule has 0 aromatic carbocycles. The fraction of sp³-hybridized carbons (Fsp3) is 0.692. The zero-order valence-corrected chi connectivity index (χ0v) is 14.1.